The van der Waals surface area contributed by atoms with E-state index in [1.165, 1.54) is 0 Å². The number of benzene rings is 2. The van der Waals surface area contributed by atoms with Gasteiger partial charge in [0, 0.05) is 17.6 Å². The van der Waals surface area contributed by atoms with E-state index in [1.807, 2.05) is 70.2 Å². The van der Waals surface area contributed by atoms with Crippen molar-refractivity contribution >= 4 is 23.0 Å². The molecule has 3 rings (SSSR count). The zero-order valence-electron chi connectivity index (χ0n) is 16.6. The maximum Gasteiger partial charge on any atom is 0.257 e. The van der Waals surface area contributed by atoms with Crippen LogP contribution in [0.3, 0.4) is 0 Å². The number of hydrogen-bond acceptors (Lipinski definition) is 4. The third-order valence-corrected chi connectivity index (χ3v) is 4.37. The van der Waals surface area contributed by atoms with Crippen LogP contribution >= 0.6 is 0 Å². The Labute approximate surface area is 165 Å². The smallest absolute Gasteiger partial charge is 0.257 e. The van der Waals surface area contributed by atoms with Crippen LogP contribution in [0.1, 0.15) is 35.3 Å². The normalized spacial score (nSPS) is 10.6. The molecule has 0 saturated carbocycles. The van der Waals surface area contributed by atoms with Crippen LogP contribution in [0.5, 0.6) is 5.75 Å². The van der Waals surface area contributed by atoms with Crippen molar-refractivity contribution in [3.63, 3.8) is 0 Å². The summed E-state index contributed by atoms with van der Waals surface area (Å²) in [4.78, 5) is 16.8. The van der Waals surface area contributed by atoms with E-state index < -0.39 is 0 Å². The second kappa shape index (κ2) is 8.57. The van der Waals surface area contributed by atoms with Gasteiger partial charge in [-0.2, -0.15) is 0 Å². The second-order valence-electron chi connectivity index (χ2n) is 6.98. The maximum absolute atomic E-state index is 12.6. The van der Waals surface area contributed by atoms with Crippen molar-refractivity contribution in [3.8, 4) is 5.75 Å². The highest BCUT2D eigenvalue weighted by Gasteiger charge is 2.10. The van der Waals surface area contributed by atoms with Crippen LogP contribution in [0.4, 0.5) is 17.1 Å². The summed E-state index contributed by atoms with van der Waals surface area (Å²) in [5.74, 6) is 0.630. The second-order valence-corrected chi connectivity index (χ2v) is 6.98. The molecule has 3 aromatic rings. The zero-order valence-corrected chi connectivity index (χ0v) is 16.6. The first kappa shape index (κ1) is 19.4. The molecule has 2 aromatic carbocycles. The number of pyridine rings is 1. The first-order valence-corrected chi connectivity index (χ1v) is 9.29. The van der Waals surface area contributed by atoms with Crippen molar-refractivity contribution in [3.05, 3.63) is 77.6 Å². The molecule has 0 radical (unpaired) electrons. The summed E-state index contributed by atoms with van der Waals surface area (Å²) in [5.41, 5.74) is 5.13. The van der Waals surface area contributed by atoms with Crippen LogP contribution in [0, 0.1) is 13.8 Å². The quantitative estimate of drug-likeness (QED) is 0.599. The molecule has 0 aliphatic carbocycles. The number of ether oxygens (including phenoxy) is 1. The number of aryl methyl sites for hydroxylation is 1. The Balaban J connectivity index is 1.71. The summed E-state index contributed by atoms with van der Waals surface area (Å²) in [6.07, 6.45) is 3.38. The number of hydrogen-bond donors (Lipinski definition) is 2. The molecular weight excluding hydrogens is 350 g/mol. The molecule has 0 bridgehead atoms. The molecule has 0 saturated heterocycles. The van der Waals surface area contributed by atoms with E-state index in [2.05, 4.69) is 15.6 Å². The molecule has 0 atom stereocenters. The lowest BCUT2D eigenvalue weighted by Gasteiger charge is -2.12. The van der Waals surface area contributed by atoms with Crippen molar-refractivity contribution < 1.29 is 9.53 Å². The van der Waals surface area contributed by atoms with Gasteiger partial charge in [0.2, 0.25) is 0 Å². The topological polar surface area (TPSA) is 63.2 Å². The van der Waals surface area contributed by atoms with Gasteiger partial charge < -0.3 is 15.4 Å². The Kier molecular flexibility index (Phi) is 5.94. The van der Waals surface area contributed by atoms with Gasteiger partial charge in [0.25, 0.3) is 5.91 Å². The Morgan fingerprint density at radius 3 is 2.46 bits per heavy atom. The third-order valence-electron chi connectivity index (χ3n) is 4.37. The lowest BCUT2D eigenvalue weighted by atomic mass is 10.1. The van der Waals surface area contributed by atoms with E-state index in [4.69, 9.17) is 4.74 Å². The minimum absolute atomic E-state index is 0.134. The van der Waals surface area contributed by atoms with Gasteiger partial charge in [-0.3, -0.25) is 9.78 Å². The van der Waals surface area contributed by atoms with Crippen LogP contribution in [0.25, 0.3) is 0 Å². The first-order valence-electron chi connectivity index (χ1n) is 9.29. The van der Waals surface area contributed by atoms with E-state index in [0.717, 1.165) is 33.9 Å². The zero-order chi connectivity index (χ0) is 20.1. The molecule has 5 heteroatoms. The Hall–Kier alpha value is -3.34. The molecular formula is C23H25N3O2. The number of aromatic nitrogens is 1. The number of rotatable bonds is 6. The summed E-state index contributed by atoms with van der Waals surface area (Å²) >= 11 is 0. The number of anilines is 3. The highest BCUT2D eigenvalue weighted by atomic mass is 16.5. The van der Waals surface area contributed by atoms with Crippen LogP contribution in [-0.4, -0.2) is 17.0 Å². The minimum Gasteiger partial charge on any atom is -0.491 e. The summed E-state index contributed by atoms with van der Waals surface area (Å²) in [5, 5.41) is 6.23. The molecule has 5 nitrogen and oxygen atoms in total. The summed E-state index contributed by atoms with van der Waals surface area (Å²) in [6, 6.07) is 15.3. The van der Waals surface area contributed by atoms with Crippen LogP contribution in [0.2, 0.25) is 0 Å². The fraction of sp³-hybridized carbons (Fsp3) is 0.217. The summed E-state index contributed by atoms with van der Waals surface area (Å²) in [7, 11) is 0. The monoisotopic (exact) mass is 375 g/mol. The van der Waals surface area contributed by atoms with Gasteiger partial charge in [0.05, 0.1) is 23.6 Å². The number of nitrogens with one attached hydrogen (secondary N) is 2. The highest BCUT2D eigenvalue weighted by Crippen LogP contribution is 2.22. The lowest BCUT2D eigenvalue weighted by Crippen LogP contribution is -2.13. The fourth-order valence-corrected chi connectivity index (χ4v) is 2.77. The molecule has 28 heavy (non-hydrogen) atoms. The molecule has 0 unspecified atom stereocenters. The average Bonchev–Trinajstić information content (AvgIpc) is 2.67. The SMILES string of the molecule is Cc1cccc(NC(=O)c2cncc(Nc3ccc(OC(C)C)cc3)c2)c1C. The Morgan fingerprint density at radius 2 is 1.75 bits per heavy atom. The number of amides is 1. The Bertz CT molecular complexity index is 966. The van der Waals surface area contributed by atoms with E-state index in [-0.39, 0.29) is 12.0 Å². The molecule has 0 fully saturated rings. The lowest BCUT2D eigenvalue weighted by molar-refractivity contribution is 0.102. The molecule has 1 aromatic heterocycles. The van der Waals surface area contributed by atoms with Gasteiger partial charge in [0.1, 0.15) is 5.75 Å². The number of carbonyl (C=O) groups excluding carboxylic acids is 1. The molecule has 0 aliphatic rings. The average molecular weight is 375 g/mol. The fourth-order valence-electron chi connectivity index (χ4n) is 2.77. The van der Waals surface area contributed by atoms with Gasteiger partial charge in [-0.15, -0.1) is 0 Å². The molecule has 0 aliphatic heterocycles. The van der Waals surface area contributed by atoms with Crippen molar-refractivity contribution in [1.82, 2.24) is 4.98 Å². The van der Waals surface area contributed by atoms with Gasteiger partial charge in [-0.25, -0.2) is 0 Å². The first-order chi connectivity index (χ1) is 13.4. The number of carbonyl (C=O) groups is 1. The molecule has 2 N–H and O–H groups in total. The van der Waals surface area contributed by atoms with Crippen molar-refractivity contribution in [2.45, 2.75) is 33.8 Å². The predicted molar refractivity (Wildman–Crippen MR) is 114 cm³/mol. The van der Waals surface area contributed by atoms with Gasteiger partial charge in [-0.05, 0) is 75.2 Å². The van der Waals surface area contributed by atoms with E-state index in [9.17, 15) is 4.79 Å². The van der Waals surface area contributed by atoms with Crippen molar-refractivity contribution in [2.24, 2.45) is 0 Å². The van der Waals surface area contributed by atoms with Crippen molar-refractivity contribution in [1.29, 1.82) is 0 Å². The third kappa shape index (κ3) is 4.88. The van der Waals surface area contributed by atoms with E-state index in [0.29, 0.717) is 5.56 Å². The van der Waals surface area contributed by atoms with Gasteiger partial charge in [0.15, 0.2) is 0 Å². The number of nitrogens with zero attached hydrogens (tertiary/aromatic N) is 1. The Morgan fingerprint density at radius 1 is 1.00 bits per heavy atom. The largest absolute Gasteiger partial charge is 0.491 e. The van der Waals surface area contributed by atoms with E-state index in [1.54, 1.807) is 18.5 Å². The predicted octanol–water partition coefficient (Wildman–Crippen LogP) is 5.48. The standard InChI is InChI=1S/C23H25N3O2/c1-15(2)28-21-10-8-19(9-11-21)25-20-12-18(13-24-14-20)23(27)26-22-7-5-6-16(3)17(22)4/h5-15,25H,1-4H3,(H,26,27). The molecule has 144 valence electrons. The maximum atomic E-state index is 12.6. The van der Waals surface area contributed by atoms with Crippen LogP contribution in [-0.2, 0) is 0 Å². The summed E-state index contributed by atoms with van der Waals surface area (Å²) in [6.45, 7) is 8.00. The molecule has 1 heterocycles. The van der Waals surface area contributed by atoms with E-state index >= 15 is 0 Å². The van der Waals surface area contributed by atoms with Crippen LogP contribution in [0.15, 0.2) is 60.9 Å². The van der Waals surface area contributed by atoms with Gasteiger partial charge >= 0.3 is 0 Å². The molecule has 1 amide bonds. The highest BCUT2D eigenvalue weighted by molar-refractivity contribution is 6.05. The van der Waals surface area contributed by atoms with Crippen LogP contribution < -0.4 is 15.4 Å². The van der Waals surface area contributed by atoms with Crippen molar-refractivity contribution in [2.75, 3.05) is 10.6 Å². The molecule has 0 spiro atoms. The minimum atomic E-state index is -0.189. The summed E-state index contributed by atoms with van der Waals surface area (Å²) < 4.78 is 5.65. The van der Waals surface area contributed by atoms with Gasteiger partial charge in [-0.1, -0.05) is 12.1 Å².